The summed E-state index contributed by atoms with van der Waals surface area (Å²) in [5, 5.41) is 0. The lowest BCUT2D eigenvalue weighted by Gasteiger charge is -2.26. The predicted octanol–water partition coefficient (Wildman–Crippen LogP) is 3.90. The summed E-state index contributed by atoms with van der Waals surface area (Å²) in [6.07, 6.45) is 3.77. The topological polar surface area (TPSA) is 26.3 Å². The van der Waals surface area contributed by atoms with E-state index in [0.717, 1.165) is 30.6 Å². The van der Waals surface area contributed by atoms with Crippen molar-refractivity contribution in [2.24, 2.45) is 0 Å². The minimum atomic E-state index is 0.00130. The van der Waals surface area contributed by atoms with Crippen molar-refractivity contribution in [1.29, 1.82) is 0 Å². The van der Waals surface area contributed by atoms with Crippen LogP contribution in [0.5, 0.6) is 5.75 Å². The summed E-state index contributed by atoms with van der Waals surface area (Å²) >= 11 is 0. The van der Waals surface area contributed by atoms with E-state index < -0.39 is 0 Å². The number of ketones is 1. The van der Waals surface area contributed by atoms with Gasteiger partial charge in [0.15, 0.2) is 5.78 Å². The van der Waals surface area contributed by atoms with E-state index in [0.29, 0.717) is 6.42 Å². The van der Waals surface area contributed by atoms with Gasteiger partial charge in [-0.25, -0.2) is 0 Å². The van der Waals surface area contributed by atoms with Crippen molar-refractivity contribution in [3.05, 3.63) is 28.8 Å². The molecule has 1 aromatic rings. The molecule has 0 heterocycles. The number of rotatable bonds is 1. The van der Waals surface area contributed by atoms with Gasteiger partial charge in [-0.05, 0) is 42.4 Å². The SMILES string of the molecule is COc1ccc2c(c1C(C)(C)C)CCCCC2=O. The van der Waals surface area contributed by atoms with Gasteiger partial charge in [0.05, 0.1) is 7.11 Å². The van der Waals surface area contributed by atoms with Gasteiger partial charge in [0.1, 0.15) is 5.75 Å². The van der Waals surface area contributed by atoms with Crippen LogP contribution >= 0.6 is 0 Å². The lowest BCUT2D eigenvalue weighted by atomic mass is 9.80. The molecule has 2 rings (SSSR count). The second kappa shape index (κ2) is 4.75. The molecular formula is C16H22O2. The highest BCUT2D eigenvalue weighted by atomic mass is 16.5. The maximum Gasteiger partial charge on any atom is 0.163 e. The third-order valence-corrected chi connectivity index (χ3v) is 3.63. The number of Topliss-reactive ketones (excluding diaryl/α,β-unsaturated/α-hetero) is 1. The molecule has 2 heteroatoms. The minimum Gasteiger partial charge on any atom is -0.496 e. The average molecular weight is 246 g/mol. The zero-order chi connectivity index (χ0) is 13.3. The molecule has 2 nitrogen and oxygen atoms in total. The molecule has 0 aromatic heterocycles. The van der Waals surface area contributed by atoms with Crippen molar-refractivity contribution < 1.29 is 9.53 Å². The van der Waals surface area contributed by atoms with Gasteiger partial charge in [-0.2, -0.15) is 0 Å². The Morgan fingerprint density at radius 1 is 1.11 bits per heavy atom. The van der Waals surface area contributed by atoms with Crippen LogP contribution in [0.2, 0.25) is 0 Å². The molecule has 98 valence electrons. The molecule has 1 aliphatic rings. The molecule has 0 saturated heterocycles. The van der Waals surface area contributed by atoms with Crippen LogP contribution in [0.3, 0.4) is 0 Å². The fourth-order valence-electron chi connectivity index (χ4n) is 2.86. The third-order valence-electron chi connectivity index (χ3n) is 3.63. The number of fused-ring (bicyclic) bond motifs is 1. The zero-order valence-corrected chi connectivity index (χ0v) is 11.8. The Bertz CT molecular complexity index is 467. The van der Waals surface area contributed by atoms with E-state index in [1.54, 1.807) is 7.11 Å². The maximum atomic E-state index is 12.1. The largest absolute Gasteiger partial charge is 0.496 e. The molecular weight excluding hydrogens is 224 g/mol. The number of hydrogen-bond acceptors (Lipinski definition) is 2. The molecule has 0 bridgehead atoms. The number of benzene rings is 1. The normalized spacial score (nSPS) is 16.1. The summed E-state index contributed by atoms with van der Waals surface area (Å²) in [4.78, 5) is 12.1. The smallest absolute Gasteiger partial charge is 0.163 e. The van der Waals surface area contributed by atoms with Crippen molar-refractivity contribution in [2.45, 2.75) is 51.9 Å². The fraction of sp³-hybridized carbons (Fsp3) is 0.562. The first-order valence-corrected chi connectivity index (χ1v) is 6.68. The van der Waals surface area contributed by atoms with E-state index in [9.17, 15) is 4.79 Å². The Morgan fingerprint density at radius 2 is 1.78 bits per heavy atom. The highest BCUT2D eigenvalue weighted by Crippen LogP contribution is 2.38. The predicted molar refractivity (Wildman–Crippen MR) is 73.6 cm³/mol. The molecule has 1 aromatic carbocycles. The van der Waals surface area contributed by atoms with E-state index in [2.05, 4.69) is 20.8 Å². The number of methoxy groups -OCH3 is 1. The molecule has 0 amide bonds. The van der Waals surface area contributed by atoms with Crippen molar-refractivity contribution >= 4 is 5.78 Å². The number of hydrogen-bond donors (Lipinski definition) is 0. The summed E-state index contributed by atoms with van der Waals surface area (Å²) in [6, 6.07) is 3.89. The summed E-state index contributed by atoms with van der Waals surface area (Å²) in [5.41, 5.74) is 3.33. The second-order valence-electron chi connectivity index (χ2n) is 6.05. The number of carbonyl (C=O) groups is 1. The highest BCUT2D eigenvalue weighted by Gasteiger charge is 2.27. The summed E-state index contributed by atoms with van der Waals surface area (Å²) in [6.45, 7) is 6.54. The van der Waals surface area contributed by atoms with Gasteiger partial charge in [0, 0.05) is 17.5 Å². The Balaban J connectivity index is 2.68. The highest BCUT2D eigenvalue weighted by molar-refractivity contribution is 5.98. The van der Waals surface area contributed by atoms with Gasteiger partial charge in [-0.1, -0.05) is 20.8 Å². The van der Waals surface area contributed by atoms with Crippen LogP contribution < -0.4 is 4.74 Å². The third kappa shape index (κ3) is 2.29. The lowest BCUT2D eigenvalue weighted by Crippen LogP contribution is -2.18. The monoisotopic (exact) mass is 246 g/mol. The van der Waals surface area contributed by atoms with Crippen LogP contribution in [-0.4, -0.2) is 12.9 Å². The lowest BCUT2D eigenvalue weighted by molar-refractivity contribution is 0.0982. The van der Waals surface area contributed by atoms with Gasteiger partial charge in [-0.3, -0.25) is 4.79 Å². The van der Waals surface area contributed by atoms with Crippen LogP contribution in [0, 0.1) is 0 Å². The molecule has 1 aliphatic carbocycles. The molecule has 0 radical (unpaired) electrons. The van der Waals surface area contributed by atoms with E-state index in [1.165, 1.54) is 11.1 Å². The maximum absolute atomic E-state index is 12.1. The summed E-state index contributed by atoms with van der Waals surface area (Å²) in [7, 11) is 1.70. The fourth-order valence-corrected chi connectivity index (χ4v) is 2.86. The van der Waals surface area contributed by atoms with Crippen LogP contribution in [0.15, 0.2) is 12.1 Å². The van der Waals surface area contributed by atoms with Crippen LogP contribution in [0.4, 0.5) is 0 Å². The van der Waals surface area contributed by atoms with Crippen molar-refractivity contribution in [2.75, 3.05) is 7.11 Å². The van der Waals surface area contributed by atoms with Crippen LogP contribution in [-0.2, 0) is 11.8 Å². The molecule has 0 fully saturated rings. The van der Waals surface area contributed by atoms with Gasteiger partial charge in [0.2, 0.25) is 0 Å². The first-order chi connectivity index (χ1) is 8.45. The average Bonchev–Trinajstić information content (AvgIpc) is 2.49. The molecule has 0 spiro atoms. The van der Waals surface area contributed by atoms with E-state index >= 15 is 0 Å². The van der Waals surface area contributed by atoms with Gasteiger partial charge in [0.25, 0.3) is 0 Å². The van der Waals surface area contributed by atoms with Crippen molar-refractivity contribution in [3.8, 4) is 5.75 Å². The van der Waals surface area contributed by atoms with Crippen molar-refractivity contribution in [1.82, 2.24) is 0 Å². The molecule has 0 aliphatic heterocycles. The first-order valence-electron chi connectivity index (χ1n) is 6.68. The van der Waals surface area contributed by atoms with E-state index in [4.69, 9.17) is 4.74 Å². The number of ether oxygens (including phenoxy) is 1. The number of carbonyl (C=O) groups excluding carboxylic acids is 1. The molecule has 18 heavy (non-hydrogen) atoms. The van der Waals surface area contributed by atoms with Crippen molar-refractivity contribution in [3.63, 3.8) is 0 Å². The Kier molecular flexibility index (Phi) is 3.47. The molecule has 0 unspecified atom stereocenters. The Labute approximate surface area is 109 Å². The van der Waals surface area contributed by atoms with Crippen LogP contribution in [0.25, 0.3) is 0 Å². The Morgan fingerprint density at radius 3 is 2.39 bits per heavy atom. The zero-order valence-electron chi connectivity index (χ0n) is 11.8. The second-order valence-corrected chi connectivity index (χ2v) is 6.05. The van der Waals surface area contributed by atoms with Gasteiger partial charge < -0.3 is 4.74 Å². The Hall–Kier alpha value is -1.31. The molecule has 0 N–H and O–H groups in total. The molecule has 0 saturated carbocycles. The van der Waals surface area contributed by atoms with Gasteiger partial charge in [-0.15, -0.1) is 0 Å². The van der Waals surface area contributed by atoms with Gasteiger partial charge >= 0.3 is 0 Å². The van der Waals surface area contributed by atoms with E-state index in [1.807, 2.05) is 12.1 Å². The summed E-state index contributed by atoms with van der Waals surface area (Å²) in [5.74, 6) is 1.20. The standard InChI is InChI=1S/C16H22O2/c1-16(2,3)15-12-7-5-6-8-13(17)11(12)9-10-14(15)18-4/h9-10H,5-8H2,1-4H3. The summed E-state index contributed by atoms with van der Waals surface area (Å²) < 4.78 is 5.50. The van der Waals surface area contributed by atoms with Crippen LogP contribution in [0.1, 0.15) is 61.5 Å². The minimum absolute atomic E-state index is 0.00130. The quantitative estimate of drug-likeness (QED) is 0.702. The van der Waals surface area contributed by atoms with E-state index in [-0.39, 0.29) is 11.2 Å². The first kappa shape index (κ1) is 13.1. The molecule has 0 atom stereocenters.